The maximum absolute atomic E-state index is 5.61. The largest absolute Gasteiger partial charge is 0.325 e. The molecule has 0 fully saturated rings. The van der Waals surface area contributed by atoms with Crippen LogP contribution in [0.1, 0.15) is 33.1 Å². The fourth-order valence-electron chi connectivity index (χ4n) is 0.581. The molecule has 1 radical (unpaired) electrons. The second-order valence-corrected chi connectivity index (χ2v) is 2.76. The molecule has 0 amide bonds. The number of unbranched alkanes of at least 4 members (excludes halogenated alkanes) is 1. The normalized spacial score (nSPS) is 12.0. The van der Waals surface area contributed by atoms with Gasteiger partial charge >= 0.3 is 0 Å². The molecule has 1 unspecified atom stereocenters. The highest BCUT2D eigenvalue weighted by atomic mass is 14.7. The molecule has 0 aromatic heterocycles. The average molecular weight is 114 g/mol. The van der Waals surface area contributed by atoms with E-state index >= 15 is 0 Å². The molecule has 0 rings (SSSR count). The van der Waals surface area contributed by atoms with Crippen LogP contribution in [-0.4, -0.2) is 5.54 Å². The van der Waals surface area contributed by atoms with Gasteiger partial charge in [0.25, 0.3) is 0 Å². The van der Waals surface area contributed by atoms with Gasteiger partial charge in [-0.05, 0) is 20.3 Å². The van der Waals surface area contributed by atoms with Crippen molar-refractivity contribution in [3.8, 4) is 0 Å². The zero-order valence-corrected chi connectivity index (χ0v) is 5.91. The van der Waals surface area contributed by atoms with Gasteiger partial charge in [-0.3, -0.25) is 0 Å². The van der Waals surface area contributed by atoms with E-state index in [0.29, 0.717) is 0 Å². The minimum absolute atomic E-state index is 0.198. The maximum Gasteiger partial charge on any atom is 0.0126 e. The van der Waals surface area contributed by atoms with E-state index in [0.717, 1.165) is 6.42 Å². The van der Waals surface area contributed by atoms with E-state index in [4.69, 9.17) is 5.73 Å². The van der Waals surface area contributed by atoms with E-state index in [2.05, 4.69) is 13.8 Å². The number of rotatable bonds is 3. The molecule has 0 saturated carbocycles. The van der Waals surface area contributed by atoms with Gasteiger partial charge in [0.1, 0.15) is 0 Å². The topological polar surface area (TPSA) is 26.0 Å². The van der Waals surface area contributed by atoms with E-state index in [1.165, 1.54) is 12.8 Å². The third-order valence-electron chi connectivity index (χ3n) is 1.10. The van der Waals surface area contributed by atoms with Gasteiger partial charge in [0, 0.05) is 5.54 Å². The summed E-state index contributed by atoms with van der Waals surface area (Å²) < 4.78 is 0. The third kappa shape index (κ3) is 5.96. The van der Waals surface area contributed by atoms with E-state index in [-0.39, 0.29) is 5.54 Å². The van der Waals surface area contributed by atoms with Crippen molar-refractivity contribution in [1.29, 1.82) is 0 Å². The van der Waals surface area contributed by atoms with Crippen LogP contribution in [0.5, 0.6) is 0 Å². The molecule has 0 aromatic rings. The summed E-state index contributed by atoms with van der Waals surface area (Å²) in [4.78, 5) is 0. The summed E-state index contributed by atoms with van der Waals surface area (Å²) in [6.45, 7) is 7.91. The molecule has 2 N–H and O–H groups in total. The smallest absolute Gasteiger partial charge is 0.0126 e. The molecule has 8 heavy (non-hydrogen) atoms. The van der Waals surface area contributed by atoms with Gasteiger partial charge < -0.3 is 5.73 Å². The molecule has 1 nitrogen and oxygen atoms in total. The summed E-state index contributed by atoms with van der Waals surface area (Å²) in [5.41, 5.74) is 5.41. The monoisotopic (exact) mass is 114 g/mol. The number of hydrogen-bond acceptors (Lipinski definition) is 1. The van der Waals surface area contributed by atoms with E-state index in [1.807, 2.05) is 6.92 Å². The van der Waals surface area contributed by atoms with Crippen LogP contribution in [0, 0.1) is 6.92 Å². The molecule has 0 spiro atoms. The van der Waals surface area contributed by atoms with Gasteiger partial charge in [-0.25, -0.2) is 0 Å². The van der Waals surface area contributed by atoms with Crippen LogP contribution in [0.3, 0.4) is 0 Å². The quantitative estimate of drug-likeness (QED) is 0.594. The number of hydrogen-bond donors (Lipinski definition) is 1. The Balaban J connectivity index is 3.11. The minimum atomic E-state index is -0.198. The summed E-state index contributed by atoms with van der Waals surface area (Å²) in [5, 5.41) is 0. The third-order valence-corrected chi connectivity index (χ3v) is 1.10. The van der Waals surface area contributed by atoms with Crippen LogP contribution >= 0.6 is 0 Å². The first-order valence-electron chi connectivity index (χ1n) is 3.20. The molecular formula is C7H16N. The number of nitrogens with two attached hydrogens (primary N) is 1. The van der Waals surface area contributed by atoms with Crippen LogP contribution in [0.4, 0.5) is 0 Å². The molecule has 0 aromatic carbocycles. The highest BCUT2D eigenvalue weighted by Crippen LogP contribution is 2.07. The van der Waals surface area contributed by atoms with Gasteiger partial charge in [-0.15, -0.1) is 0 Å². The molecule has 49 valence electrons. The lowest BCUT2D eigenvalue weighted by molar-refractivity contribution is 0.502. The summed E-state index contributed by atoms with van der Waals surface area (Å²) in [6.07, 6.45) is 3.43. The Hall–Kier alpha value is -0.0400. The van der Waals surface area contributed by atoms with Crippen molar-refractivity contribution < 1.29 is 0 Å². The summed E-state index contributed by atoms with van der Waals surface area (Å²) in [6, 6.07) is 0. The van der Waals surface area contributed by atoms with Crippen molar-refractivity contribution in [3.63, 3.8) is 0 Å². The van der Waals surface area contributed by atoms with Gasteiger partial charge in [0.05, 0.1) is 0 Å². The van der Waals surface area contributed by atoms with Crippen molar-refractivity contribution in [2.24, 2.45) is 5.73 Å². The minimum Gasteiger partial charge on any atom is -0.325 e. The SMILES string of the molecule is [CH2]C(C)(N)CCCC. The standard InChI is InChI=1S/C7H16N/c1-4-5-6-7(2,3)8/h2,4-6,8H2,1,3H3. The Bertz CT molecular complexity index is 51.9. The molecule has 1 atom stereocenters. The van der Waals surface area contributed by atoms with Crippen molar-refractivity contribution in [3.05, 3.63) is 6.92 Å². The zero-order chi connectivity index (χ0) is 6.62. The lowest BCUT2D eigenvalue weighted by Crippen LogP contribution is -2.31. The van der Waals surface area contributed by atoms with Crippen molar-refractivity contribution in [2.45, 2.75) is 38.6 Å². The van der Waals surface area contributed by atoms with Gasteiger partial charge in [-0.1, -0.05) is 19.8 Å². The van der Waals surface area contributed by atoms with Crippen molar-refractivity contribution >= 4 is 0 Å². The molecule has 0 aliphatic heterocycles. The van der Waals surface area contributed by atoms with Gasteiger partial charge in [0.2, 0.25) is 0 Å². The molecule has 0 aliphatic carbocycles. The molecular weight excluding hydrogens is 98.1 g/mol. The van der Waals surface area contributed by atoms with Crippen LogP contribution in [0.15, 0.2) is 0 Å². The van der Waals surface area contributed by atoms with Crippen LogP contribution < -0.4 is 5.73 Å². The average Bonchev–Trinajstić information content (AvgIpc) is 1.59. The van der Waals surface area contributed by atoms with E-state index in [1.54, 1.807) is 0 Å². The highest BCUT2D eigenvalue weighted by Gasteiger charge is 2.07. The maximum atomic E-state index is 5.61. The molecule has 0 bridgehead atoms. The van der Waals surface area contributed by atoms with Crippen LogP contribution in [-0.2, 0) is 0 Å². The molecule has 0 aliphatic rings. The Morgan fingerprint density at radius 1 is 1.62 bits per heavy atom. The summed E-state index contributed by atoms with van der Waals surface area (Å²) >= 11 is 0. The Labute approximate surface area is 52.3 Å². The first kappa shape index (κ1) is 7.96. The first-order chi connectivity index (χ1) is 3.56. The summed E-state index contributed by atoms with van der Waals surface area (Å²) in [7, 11) is 0. The molecule has 1 heteroatoms. The molecule has 0 saturated heterocycles. The first-order valence-corrected chi connectivity index (χ1v) is 3.20. The van der Waals surface area contributed by atoms with Gasteiger partial charge in [0.15, 0.2) is 0 Å². The lowest BCUT2D eigenvalue weighted by Gasteiger charge is -2.16. The Morgan fingerprint density at radius 2 is 2.12 bits per heavy atom. The van der Waals surface area contributed by atoms with Crippen molar-refractivity contribution in [1.82, 2.24) is 0 Å². The van der Waals surface area contributed by atoms with Crippen LogP contribution in [0.25, 0.3) is 0 Å². The van der Waals surface area contributed by atoms with Gasteiger partial charge in [-0.2, -0.15) is 0 Å². The second kappa shape index (κ2) is 3.08. The second-order valence-electron chi connectivity index (χ2n) is 2.76. The summed E-state index contributed by atoms with van der Waals surface area (Å²) in [5.74, 6) is 0. The van der Waals surface area contributed by atoms with Crippen molar-refractivity contribution in [2.75, 3.05) is 0 Å². The molecule has 0 heterocycles. The Morgan fingerprint density at radius 3 is 2.25 bits per heavy atom. The van der Waals surface area contributed by atoms with E-state index < -0.39 is 0 Å². The fourth-order valence-corrected chi connectivity index (χ4v) is 0.581. The highest BCUT2D eigenvalue weighted by molar-refractivity contribution is 4.79. The zero-order valence-electron chi connectivity index (χ0n) is 5.91. The predicted octanol–water partition coefficient (Wildman–Crippen LogP) is 1.73. The van der Waals surface area contributed by atoms with E-state index in [9.17, 15) is 0 Å². The lowest BCUT2D eigenvalue weighted by atomic mass is 9.99. The van der Waals surface area contributed by atoms with Crippen LogP contribution in [0.2, 0.25) is 0 Å². The predicted molar refractivity (Wildman–Crippen MR) is 37.5 cm³/mol. The fraction of sp³-hybridized carbons (Fsp3) is 0.857. The Kier molecular flexibility index (Phi) is 3.06.